The third kappa shape index (κ3) is 5.46. The summed E-state index contributed by atoms with van der Waals surface area (Å²) in [5.41, 5.74) is 1.50. The number of hydrogen-bond donors (Lipinski definition) is 4. The molecule has 1 atom stereocenters. The Morgan fingerprint density at radius 1 is 1.20 bits per heavy atom. The molecule has 1 saturated heterocycles. The van der Waals surface area contributed by atoms with Crippen LogP contribution in [0.15, 0.2) is 47.4 Å². The normalized spacial score (nSPS) is 16.1. The molecule has 1 amide bonds. The van der Waals surface area contributed by atoms with Gasteiger partial charge in [0, 0.05) is 5.02 Å². The van der Waals surface area contributed by atoms with Crippen LogP contribution in [0.2, 0.25) is 5.02 Å². The number of hydrogen-bond acceptors (Lipinski definition) is 6. The second-order valence-electron chi connectivity index (χ2n) is 6.81. The minimum Gasteiger partial charge on any atom is -0.454 e. The number of amides is 1. The van der Waals surface area contributed by atoms with E-state index in [0.717, 1.165) is 6.07 Å². The molecular weight excluding hydrogens is 437 g/mol. The molecule has 2 aromatic carbocycles. The molecule has 8 nitrogen and oxygen atoms in total. The zero-order valence-electron chi connectivity index (χ0n) is 15.8. The Balaban J connectivity index is 1.79. The average molecular weight is 458 g/mol. The van der Waals surface area contributed by atoms with Gasteiger partial charge in [-0.3, -0.25) is 10.0 Å². The number of carbonyl (C=O) groups excluding carboxylic acids is 1. The number of halogens is 2. The zero-order chi connectivity index (χ0) is 21.7. The molecule has 0 aromatic heterocycles. The molecule has 1 unspecified atom stereocenters. The maximum Gasteiger partial charge on any atom is 0.261 e. The highest BCUT2D eigenvalue weighted by atomic mass is 35.5. The molecule has 1 fully saturated rings. The number of hydroxylamine groups is 1. The summed E-state index contributed by atoms with van der Waals surface area (Å²) in [4.78, 5) is 11.7. The van der Waals surface area contributed by atoms with Crippen LogP contribution in [0.25, 0.3) is 0 Å². The summed E-state index contributed by atoms with van der Waals surface area (Å²) in [6.07, 6.45) is 1.09. The number of benzene rings is 2. The average Bonchev–Trinajstić information content (AvgIpc) is 2.75. The Morgan fingerprint density at radius 2 is 1.87 bits per heavy atom. The maximum absolute atomic E-state index is 14.5. The van der Waals surface area contributed by atoms with E-state index in [4.69, 9.17) is 21.5 Å². The van der Waals surface area contributed by atoms with Crippen molar-refractivity contribution in [3.8, 4) is 11.5 Å². The molecule has 0 bridgehead atoms. The summed E-state index contributed by atoms with van der Waals surface area (Å²) in [6, 6.07) is 8.22. The third-order valence-electron chi connectivity index (χ3n) is 4.79. The smallest absolute Gasteiger partial charge is 0.261 e. The quantitative estimate of drug-likeness (QED) is 0.375. The van der Waals surface area contributed by atoms with Gasteiger partial charge < -0.3 is 10.1 Å². The van der Waals surface area contributed by atoms with E-state index in [1.165, 1.54) is 17.6 Å². The van der Waals surface area contributed by atoms with Crippen LogP contribution in [0, 0.1) is 11.7 Å². The summed E-state index contributed by atoms with van der Waals surface area (Å²) in [7, 11) is -4.24. The van der Waals surface area contributed by atoms with E-state index >= 15 is 0 Å². The molecule has 162 valence electrons. The number of sulfonamides is 1. The minimum atomic E-state index is -4.24. The van der Waals surface area contributed by atoms with Crippen molar-refractivity contribution in [1.29, 1.82) is 0 Å². The molecule has 0 aliphatic carbocycles. The largest absolute Gasteiger partial charge is 0.454 e. The number of carbonyl (C=O) groups is 1. The minimum absolute atomic E-state index is 0.167. The van der Waals surface area contributed by atoms with Crippen LogP contribution in [0.4, 0.5) is 4.39 Å². The van der Waals surface area contributed by atoms with E-state index in [1.54, 1.807) is 24.3 Å². The molecule has 11 heteroatoms. The van der Waals surface area contributed by atoms with E-state index in [0.29, 0.717) is 36.7 Å². The summed E-state index contributed by atoms with van der Waals surface area (Å²) in [6.45, 7) is 1.24. The van der Waals surface area contributed by atoms with Gasteiger partial charge >= 0.3 is 0 Å². The van der Waals surface area contributed by atoms with Crippen molar-refractivity contribution in [2.24, 2.45) is 5.92 Å². The Hall–Kier alpha value is -2.24. The van der Waals surface area contributed by atoms with Gasteiger partial charge in [-0.25, -0.2) is 18.3 Å². The molecular formula is C19H21ClFN3O5S. The first-order valence-electron chi connectivity index (χ1n) is 9.20. The Kier molecular flexibility index (Phi) is 7.27. The van der Waals surface area contributed by atoms with Crippen LogP contribution >= 0.6 is 11.6 Å². The van der Waals surface area contributed by atoms with Gasteiger partial charge in [-0.1, -0.05) is 11.6 Å². The van der Waals surface area contributed by atoms with E-state index in [-0.39, 0.29) is 16.6 Å². The van der Waals surface area contributed by atoms with Gasteiger partial charge in [0.1, 0.15) is 11.8 Å². The predicted molar refractivity (Wildman–Crippen MR) is 108 cm³/mol. The van der Waals surface area contributed by atoms with E-state index in [1.807, 2.05) is 0 Å². The summed E-state index contributed by atoms with van der Waals surface area (Å²) in [5, 5.41) is 12.6. The molecule has 4 N–H and O–H groups in total. The van der Waals surface area contributed by atoms with Gasteiger partial charge in [-0.15, -0.1) is 0 Å². The fourth-order valence-electron chi connectivity index (χ4n) is 3.21. The van der Waals surface area contributed by atoms with Crippen LogP contribution in [0.1, 0.15) is 12.8 Å². The lowest BCUT2D eigenvalue weighted by molar-refractivity contribution is -0.132. The lowest BCUT2D eigenvalue weighted by Gasteiger charge is -2.29. The van der Waals surface area contributed by atoms with Gasteiger partial charge in [0.05, 0.1) is 4.90 Å². The second kappa shape index (κ2) is 9.71. The Morgan fingerprint density at radius 3 is 2.47 bits per heavy atom. The van der Waals surface area contributed by atoms with Crippen molar-refractivity contribution in [3.05, 3.63) is 53.3 Å². The van der Waals surface area contributed by atoms with Crippen molar-refractivity contribution < 1.29 is 27.5 Å². The van der Waals surface area contributed by atoms with E-state index in [9.17, 15) is 17.6 Å². The first kappa shape index (κ1) is 22.4. The van der Waals surface area contributed by atoms with Gasteiger partial charge in [0.25, 0.3) is 5.91 Å². The Bertz CT molecular complexity index is 998. The molecule has 2 aromatic rings. The van der Waals surface area contributed by atoms with Crippen molar-refractivity contribution in [1.82, 2.24) is 15.5 Å². The van der Waals surface area contributed by atoms with Gasteiger partial charge in [-0.2, -0.15) is 4.72 Å². The fourth-order valence-corrected chi connectivity index (χ4v) is 4.61. The van der Waals surface area contributed by atoms with Gasteiger partial charge in [-0.05, 0) is 74.3 Å². The zero-order valence-corrected chi connectivity index (χ0v) is 17.3. The molecule has 30 heavy (non-hydrogen) atoms. The van der Waals surface area contributed by atoms with Crippen molar-refractivity contribution in [3.63, 3.8) is 0 Å². The van der Waals surface area contributed by atoms with Crippen molar-refractivity contribution >= 4 is 27.5 Å². The highest BCUT2D eigenvalue weighted by Gasteiger charge is 2.33. The maximum atomic E-state index is 14.5. The number of rotatable bonds is 7. The predicted octanol–water partition coefficient (Wildman–Crippen LogP) is 2.42. The van der Waals surface area contributed by atoms with Crippen molar-refractivity contribution in [2.75, 3.05) is 13.1 Å². The second-order valence-corrected chi connectivity index (χ2v) is 8.96. The molecule has 3 rings (SSSR count). The summed E-state index contributed by atoms with van der Waals surface area (Å²) >= 11 is 5.80. The van der Waals surface area contributed by atoms with Crippen LogP contribution in [-0.2, 0) is 14.8 Å². The van der Waals surface area contributed by atoms with Gasteiger partial charge in [0.2, 0.25) is 10.0 Å². The van der Waals surface area contributed by atoms with E-state index < -0.39 is 27.8 Å². The first-order valence-corrected chi connectivity index (χ1v) is 11.1. The Labute approximate surface area is 178 Å². The SMILES string of the molecule is O=C(NO)C(NS(=O)(=O)c1ccc(Oc2ccc(Cl)cc2)c(F)c1)C1CCNCC1. The molecule has 1 aliphatic heterocycles. The standard InChI is InChI=1S/C19H21ClFN3O5S/c20-13-1-3-14(4-2-13)29-17-6-5-15(11-16(17)21)30(27,28)24-18(19(25)23-26)12-7-9-22-10-8-12/h1-6,11-12,18,22,24,26H,7-10H2,(H,23,25). The lowest BCUT2D eigenvalue weighted by Crippen LogP contribution is -2.52. The molecule has 0 radical (unpaired) electrons. The molecule has 1 aliphatic rings. The highest BCUT2D eigenvalue weighted by molar-refractivity contribution is 7.89. The lowest BCUT2D eigenvalue weighted by atomic mass is 9.90. The number of nitrogens with one attached hydrogen (secondary N) is 3. The summed E-state index contributed by atoms with van der Waals surface area (Å²) < 4.78 is 47.7. The van der Waals surface area contributed by atoms with Crippen LogP contribution in [0.3, 0.4) is 0 Å². The molecule has 1 heterocycles. The topological polar surface area (TPSA) is 117 Å². The summed E-state index contributed by atoms with van der Waals surface area (Å²) in [5.74, 6) is -1.91. The number of ether oxygens (including phenoxy) is 1. The van der Waals surface area contributed by atoms with Crippen LogP contribution in [0.5, 0.6) is 11.5 Å². The monoisotopic (exact) mass is 457 g/mol. The molecule has 0 spiro atoms. The van der Waals surface area contributed by atoms with Crippen LogP contribution < -0.4 is 20.3 Å². The van der Waals surface area contributed by atoms with Gasteiger partial charge in [0.15, 0.2) is 11.6 Å². The van der Waals surface area contributed by atoms with Crippen LogP contribution in [-0.4, -0.2) is 38.7 Å². The third-order valence-corrected chi connectivity index (χ3v) is 6.48. The van der Waals surface area contributed by atoms with E-state index in [2.05, 4.69) is 10.0 Å². The molecule has 0 saturated carbocycles. The number of piperidine rings is 1. The van der Waals surface area contributed by atoms with Crippen molar-refractivity contribution in [2.45, 2.75) is 23.8 Å². The first-order chi connectivity index (χ1) is 14.3. The fraction of sp³-hybridized carbons (Fsp3) is 0.316. The highest BCUT2D eigenvalue weighted by Crippen LogP contribution is 2.28.